The maximum atomic E-state index is 6.47. The van der Waals surface area contributed by atoms with Crippen molar-refractivity contribution in [2.45, 2.75) is 44.8 Å². The predicted molar refractivity (Wildman–Crippen MR) is 83.7 cm³/mol. The van der Waals surface area contributed by atoms with E-state index in [-0.39, 0.29) is 6.04 Å². The first-order chi connectivity index (χ1) is 9.65. The van der Waals surface area contributed by atoms with Crippen molar-refractivity contribution in [3.8, 4) is 0 Å². The highest BCUT2D eigenvalue weighted by atomic mass is 15.3. The van der Waals surface area contributed by atoms with Gasteiger partial charge in [0.2, 0.25) is 0 Å². The second-order valence-corrected chi connectivity index (χ2v) is 6.48. The number of hydrogen-bond donors (Lipinski definition) is 1. The summed E-state index contributed by atoms with van der Waals surface area (Å²) in [5, 5.41) is 0. The van der Waals surface area contributed by atoms with Gasteiger partial charge in [0.25, 0.3) is 0 Å². The van der Waals surface area contributed by atoms with Crippen molar-refractivity contribution in [2.24, 2.45) is 5.73 Å². The first-order valence-electron chi connectivity index (χ1n) is 7.95. The first-order valence-corrected chi connectivity index (χ1v) is 7.95. The van der Waals surface area contributed by atoms with Gasteiger partial charge in [-0.05, 0) is 32.3 Å². The maximum absolute atomic E-state index is 6.47. The molecule has 110 valence electrons. The van der Waals surface area contributed by atoms with Crippen LogP contribution in [0.15, 0.2) is 24.3 Å². The molecule has 0 aromatic heterocycles. The normalized spacial score (nSPS) is 24.6. The molecule has 2 aliphatic rings. The van der Waals surface area contributed by atoms with Crippen molar-refractivity contribution in [1.82, 2.24) is 9.80 Å². The van der Waals surface area contributed by atoms with Crippen LogP contribution in [0.3, 0.4) is 0 Å². The number of nitrogens with two attached hydrogens (primary N) is 1. The van der Waals surface area contributed by atoms with Gasteiger partial charge in [0, 0.05) is 44.3 Å². The third-order valence-electron chi connectivity index (χ3n) is 4.97. The second-order valence-electron chi connectivity index (χ2n) is 6.48. The smallest absolute Gasteiger partial charge is 0.0450 e. The van der Waals surface area contributed by atoms with Gasteiger partial charge in [-0.25, -0.2) is 0 Å². The van der Waals surface area contributed by atoms with E-state index in [1.54, 1.807) is 0 Å². The van der Waals surface area contributed by atoms with Gasteiger partial charge in [-0.2, -0.15) is 0 Å². The molecule has 0 spiro atoms. The highest BCUT2D eigenvalue weighted by Gasteiger charge is 2.33. The Bertz CT molecular complexity index is 430. The minimum atomic E-state index is 0.114. The average molecular weight is 273 g/mol. The summed E-state index contributed by atoms with van der Waals surface area (Å²) in [5.41, 5.74) is 9.03. The van der Waals surface area contributed by atoms with Crippen LogP contribution in [0.1, 0.15) is 36.9 Å². The predicted octanol–water partition coefficient (Wildman–Crippen LogP) is 2.16. The average Bonchev–Trinajstić information content (AvgIpc) is 3.31. The SMILES string of the molecule is Cc1ccc(C(N)C(C)N2CCN(C3CC3)CC2)cc1. The summed E-state index contributed by atoms with van der Waals surface area (Å²) in [7, 11) is 0. The molecule has 2 fully saturated rings. The quantitative estimate of drug-likeness (QED) is 0.912. The highest BCUT2D eigenvalue weighted by molar-refractivity contribution is 5.24. The van der Waals surface area contributed by atoms with Gasteiger partial charge in [-0.15, -0.1) is 0 Å². The topological polar surface area (TPSA) is 32.5 Å². The van der Waals surface area contributed by atoms with Gasteiger partial charge in [0.1, 0.15) is 0 Å². The lowest BCUT2D eigenvalue weighted by Crippen LogP contribution is -2.52. The van der Waals surface area contributed by atoms with Gasteiger partial charge >= 0.3 is 0 Å². The monoisotopic (exact) mass is 273 g/mol. The summed E-state index contributed by atoms with van der Waals surface area (Å²) in [6.07, 6.45) is 2.83. The molecule has 0 amide bonds. The van der Waals surface area contributed by atoms with Crippen LogP contribution in [-0.4, -0.2) is 48.1 Å². The van der Waals surface area contributed by atoms with Crippen LogP contribution in [0.25, 0.3) is 0 Å². The fourth-order valence-electron chi connectivity index (χ4n) is 3.24. The summed E-state index contributed by atoms with van der Waals surface area (Å²) in [6.45, 7) is 9.16. The molecule has 0 radical (unpaired) electrons. The Balaban J connectivity index is 1.57. The number of nitrogens with zero attached hydrogens (tertiary/aromatic N) is 2. The van der Waals surface area contributed by atoms with Gasteiger partial charge < -0.3 is 5.73 Å². The van der Waals surface area contributed by atoms with Gasteiger partial charge in [-0.3, -0.25) is 9.80 Å². The Morgan fingerprint density at radius 3 is 2.20 bits per heavy atom. The zero-order valence-electron chi connectivity index (χ0n) is 12.8. The molecule has 3 nitrogen and oxygen atoms in total. The van der Waals surface area contributed by atoms with E-state index in [2.05, 4.69) is 47.9 Å². The van der Waals surface area contributed by atoms with E-state index < -0.39 is 0 Å². The highest BCUT2D eigenvalue weighted by Crippen LogP contribution is 2.28. The van der Waals surface area contributed by atoms with Crippen LogP contribution in [0.2, 0.25) is 0 Å². The molecule has 2 unspecified atom stereocenters. The Hall–Kier alpha value is -0.900. The number of piperazine rings is 1. The second kappa shape index (κ2) is 5.84. The summed E-state index contributed by atoms with van der Waals surface area (Å²) in [4.78, 5) is 5.21. The summed E-state index contributed by atoms with van der Waals surface area (Å²) in [5.74, 6) is 0. The molecular formula is C17H27N3. The third kappa shape index (κ3) is 3.05. The molecular weight excluding hydrogens is 246 g/mol. The van der Waals surface area contributed by atoms with E-state index in [9.17, 15) is 0 Å². The lowest BCUT2D eigenvalue weighted by Gasteiger charge is -2.40. The van der Waals surface area contributed by atoms with Crippen LogP contribution in [0.5, 0.6) is 0 Å². The Labute approximate surface area is 122 Å². The molecule has 3 rings (SSSR count). The molecule has 1 saturated heterocycles. The van der Waals surface area contributed by atoms with E-state index in [0.29, 0.717) is 6.04 Å². The lowest BCUT2D eigenvalue weighted by atomic mass is 9.98. The van der Waals surface area contributed by atoms with E-state index in [0.717, 1.165) is 19.1 Å². The standard InChI is InChI=1S/C17H27N3/c1-13-3-5-15(6-4-13)17(18)14(2)19-9-11-20(12-10-19)16-7-8-16/h3-6,14,16-17H,7-12,18H2,1-2H3. The molecule has 0 bridgehead atoms. The maximum Gasteiger partial charge on any atom is 0.0450 e. The molecule has 2 atom stereocenters. The largest absolute Gasteiger partial charge is 0.323 e. The van der Waals surface area contributed by atoms with Crippen molar-refractivity contribution in [2.75, 3.05) is 26.2 Å². The molecule has 1 saturated carbocycles. The zero-order chi connectivity index (χ0) is 14.1. The van der Waals surface area contributed by atoms with Gasteiger partial charge in [0.15, 0.2) is 0 Å². The van der Waals surface area contributed by atoms with Crippen LogP contribution in [0.4, 0.5) is 0 Å². The molecule has 3 heteroatoms. The van der Waals surface area contributed by atoms with Gasteiger partial charge in [-0.1, -0.05) is 29.8 Å². The van der Waals surface area contributed by atoms with E-state index in [4.69, 9.17) is 5.73 Å². The molecule has 20 heavy (non-hydrogen) atoms. The van der Waals surface area contributed by atoms with Crippen molar-refractivity contribution >= 4 is 0 Å². The Morgan fingerprint density at radius 1 is 1.05 bits per heavy atom. The number of benzene rings is 1. The fraction of sp³-hybridized carbons (Fsp3) is 0.647. The van der Waals surface area contributed by atoms with E-state index >= 15 is 0 Å². The summed E-state index contributed by atoms with van der Waals surface area (Å²) in [6, 6.07) is 10.1. The van der Waals surface area contributed by atoms with Gasteiger partial charge in [0.05, 0.1) is 0 Å². The Morgan fingerprint density at radius 2 is 1.65 bits per heavy atom. The van der Waals surface area contributed by atoms with Crippen molar-refractivity contribution in [3.05, 3.63) is 35.4 Å². The third-order valence-corrected chi connectivity index (χ3v) is 4.97. The van der Waals surface area contributed by atoms with E-state index in [1.165, 1.54) is 37.1 Å². The minimum Gasteiger partial charge on any atom is -0.323 e. The first kappa shape index (κ1) is 14.1. The lowest BCUT2D eigenvalue weighted by molar-refractivity contribution is 0.0875. The number of rotatable bonds is 4. The molecule has 1 aromatic rings. The number of aryl methyl sites for hydroxylation is 1. The zero-order valence-corrected chi connectivity index (χ0v) is 12.8. The molecule has 2 N–H and O–H groups in total. The molecule has 1 aliphatic heterocycles. The molecule has 1 aromatic carbocycles. The van der Waals surface area contributed by atoms with Crippen molar-refractivity contribution in [1.29, 1.82) is 0 Å². The summed E-state index contributed by atoms with van der Waals surface area (Å²) >= 11 is 0. The molecule has 1 heterocycles. The van der Waals surface area contributed by atoms with Crippen LogP contribution < -0.4 is 5.73 Å². The fourth-order valence-corrected chi connectivity index (χ4v) is 3.24. The van der Waals surface area contributed by atoms with Crippen molar-refractivity contribution in [3.63, 3.8) is 0 Å². The summed E-state index contributed by atoms with van der Waals surface area (Å²) < 4.78 is 0. The van der Waals surface area contributed by atoms with Crippen LogP contribution in [0, 0.1) is 6.92 Å². The van der Waals surface area contributed by atoms with Crippen LogP contribution in [-0.2, 0) is 0 Å². The molecule has 1 aliphatic carbocycles. The van der Waals surface area contributed by atoms with E-state index in [1.807, 2.05) is 0 Å². The Kier molecular flexibility index (Phi) is 4.11. The number of hydrogen-bond acceptors (Lipinski definition) is 3. The minimum absolute atomic E-state index is 0.114. The van der Waals surface area contributed by atoms with Crippen molar-refractivity contribution < 1.29 is 0 Å². The van der Waals surface area contributed by atoms with Crippen LogP contribution >= 0.6 is 0 Å².